The van der Waals surface area contributed by atoms with Gasteiger partial charge < -0.3 is 14.8 Å². The van der Waals surface area contributed by atoms with E-state index in [1.165, 1.54) is 0 Å². The number of thiol groups is 1. The molecule has 0 aromatic heterocycles. The first-order valence-electron chi connectivity index (χ1n) is 5.92. The van der Waals surface area contributed by atoms with Gasteiger partial charge in [0.05, 0.1) is 6.61 Å². The molecule has 0 saturated heterocycles. The Bertz CT molecular complexity index is 286. The van der Waals surface area contributed by atoms with Crippen molar-refractivity contribution < 1.29 is 19.1 Å². The van der Waals surface area contributed by atoms with Crippen LogP contribution in [0, 0.1) is 5.92 Å². The van der Waals surface area contributed by atoms with Crippen molar-refractivity contribution in [2.45, 2.75) is 46.3 Å². The predicted octanol–water partition coefficient (Wildman–Crippen LogP) is 2.01. The van der Waals surface area contributed by atoms with Crippen LogP contribution < -0.4 is 5.32 Å². The first kappa shape index (κ1) is 17.1. The lowest BCUT2D eigenvalue weighted by Gasteiger charge is -2.22. The molecule has 1 amide bonds. The Kier molecular flexibility index (Phi) is 7.13. The van der Waals surface area contributed by atoms with E-state index in [1.807, 2.05) is 13.8 Å². The fourth-order valence-electron chi connectivity index (χ4n) is 0.978. The number of hydrogen-bond donors (Lipinski definition) is 2. The average molecular weight is 277 g/mol. The number of hydrogen-bond acceptors (Lipinski definition) is 5. The summed E-state index contributed by atoms with van der Waals surface area (Å²) in [4.78, 5) is 23.1. The van der Waals surface area contributed by atoms with E-state index < -0.39 is 23.7 Å². The van der Waals surface area contributed by atoms with Gasteiger partial charge in [-0.25, -0.2) is 9.59 Å². The maximum Gasteiger partial charge on any atom is 0.408 e. The molecule has 0 aliphatic rings. The maximum atomic E-state index is 11.6. The van der Waals surface area contributed by atoms with Crippen LogP contribution >= 0.6 is 12.6 Å². The van der Waals surface area contributed by atoms with Gasteiger partial charge in [0.15, 0.2) is 0 Å². The van der Waals surface area contributed by atoms with Crippen LogP contribution in [0.3, 0.4) is 0 Å². The molecular formula is C12H23NO4S. The van der Waals surface area contributed by atoms with Gasteiger partial charge in [-0.05, 0) is 26.7 Å². The predicted molar refractivity (Wildman–Crippen MR) is 72.8 cm³/mol. The molecule has 106 valence electrons. The smallest absolute Gasteiger partial charge is 0.408 e. The number of esters is 1. The van der Waals surface area contributed by atoms with Crippen molar-refractivity contribution in [3.05, 3.63) is 0 Å². The Morgan fingerprint density at radius 1 is 1.28 bits per heavy atom. The maximum absolute atomic E-state index is 11.6. The fraction of sp³-hybridized carbons (Fsp3) is 0.833. The van der Waals surface area contributed by atoms with Gasteiger partial charge in [-0.3, -0.25) is 0 Å². The minimum absolute atomic E-state index is 0.163. The highest BCUT2D eigenvalue weighted by atomic mass is 32.1. The van der Waals surface area contributed by atoms with E-state index in [0.717, 1.165) is 0 Å². The topological polar surface area (TPSA) is 64.6 Å². The molecule has 6 heteroatoms. The van der Waals surface area contributed by atoms with Gasteiger partial charge in [0.1, 0.15) is 11.6 Å². The quantitative estimate of drug-likeness (QED) is 0.596. The summed E-state index contributed by atoms with van der Waals surface area (Å²) in [5.41, 5.74) is -0.604. The zero-order valence-corrected chi connectivity index (χ0v) is 12.5. The molecule has 0 aliphatic carbocycles. The molecule has 0 aromatic carbocycles. The second kappa shape index (κ2) is 7.51. The number of ether oxygens (including phenoxy) is 2. The minimum atomic E-state index is -0.790. The summed E-state index contributed by atoms with van der Waals surface area (Å²) in [7, 11) is 0. The molecule has 0 radical (unpaired) electrons. The van der Waals surface area contributed by atoms with Crippen LogP contribution in [0.1, 0.15) is 34.6 Å². The van der Waals surface area contributed by atoms with E-state index in [9.17, 15) is 9.59 Å². The largest absolute Gasteiger partial charge is 0.464 e. The third kappa shape index (κ3) is 8.22. The Labute approximate surface area is 114 Å². The van der Waals surface area contributed by atoms with Crippen molar-refractivity contribution in [2.75, 3.05) is 12.4 Å². The van der Waals surface area contributed by atoms with E-state index in [4.69, 9.17) is 9.47 Å². The van der Waals surface area contributed by atoms with Gasteiger partial charge in [-0.2, -0.15) is 12.6 Å². The van der Waals surface area contributed by atoms with Crippen LogP contribution in [0.5, 0.6) is 0 Å². The number of carbonyl (C=O) groups excluding carboxylic acids is 2. The zero-order valence-electron chi connectivity index (χ0n) is 11.6. The van der Waals surface area contributed by atoms with E-state index in [1.54, 1.807) is 20.8 Å². The monoisotopic (exact) mass is 277 g/mol. The van der Waals surface area contributed by atoms with Crippen LogP contribution in [0.25, 0.3) is 0 Å². The Morgan fingerprint density at radius 2 is 1.83 bits per heavy atom. The molecule has 0 fully saturated rings. The highest BCUT2D eigenvalue weighted by molar-refractivity contribution is 7.80. The van der Waals surface area contributed by atoms with Gasteiger partial charge in [0, 0.05) is 5.75 Å². The van der Waals surface area contributed by atoms with E-state index in [-0.39, 0.29) is 11.7 Å². The summed E-state index contributed by atoms with van der Waals surface area (Å²) in [6, 6.07) is -0.790. The minimum Gasteiger partial charge on any atom is -0.464 e. The summed E-state index contributed by atoms with van der Waals surface area (Å²) >= 11 is 4.01. The number of carbonyl (C=O) groups is 2. The van der Waals surface area contributed by atoms with Crippen molar-refractivity contribution in [3.8, 4) is 0 Å². The van der Waals surface area contributed by atoms with E-state index in [0.29, 0.717) is 6.61 Å². The van der Waals surface area contributed by atoms with Crippen molar-refractivity contribution >= 4 is 24.7 Å². The molecule has 5 nitrogen and oxygen atoms in total. The normalized spacial score (nSPS) is 13.1. The third-order valence-electron chi connectivity index (χ3n) is 1.72. The van der Waals surface area contributed by atoms with Crippen molar-refractivity contribution in [2.24, 2.45) is 5.92 Å². The fourth-order valence-corrected chi connectivity index (χ4v) is 1.22. The molecule has 0 aliphatic heterocycles. The number of nitrogens with one attached hydrogen (secondary N) is 1. The first-order valence-corrected chi connectivity index (χ1v) is 6.56. The summed E-state index contributed by atoms with van der Waals surface area (Å²) in [5, 5.41) is 2.43. The standard InChI is InChI=1S/C12H23NO4S/c1-8(2)6-16-10(14)9(7-18)13-11(15)17-12(3,4)5/h8-9,18H,6-7H2,1-5H3,(H,13,15)/t9-/m0/s1. The molecule has 0 saturated carbocycles. The summed E-state index contributed by atoms with van der Waals surface area (Å²) in [5.74, 6) is -0.0866. The molecule has 0 rings (SSSR count). The van der Waals surface area contributed by atoms with Crippen LogP contribution in [0.15, 0.2) is 0 Å². The lowest BCUT2D eigenvalue weighted by Crippen LogP contribution is -2.45. The first-order chi connectivity index (χ1) is 8.15. The molecule has 0 heterocycles. The number of alkyl carbamates (subject to hydrolysis) is 1. The van der Waals surface area contributed by atoms with Gasteiger partial charge in [0.25, 0.3) is 0 Å². The summed E-state index contributed by atoms with van der Waals surface area (Å²) < 4.78 is 10.1. The van der Waals surface area contributed by atoms with Crippen LogP contribution in [0.4, 0.5) is 4.79 Å². The molecule has 0 bridgehead atoms. The van der Waals surface area contributed by atoms with Crippen molar-refractivity contribution in [3.63, 3.8) is 0 Å². The molecule has 0 spiro atoms. The van der Waals surface area contributed by atoms with Gasteiger partial charge >= 0.3 is 12.1 Å². The Hall–Kier alpha value is -0.910. The molecule has 18 heavy (non-hydrogen) atoms. The lowest BCUT2D eigenvalue weighted by molar-refractivity contribution is -0.146. The molecular weight excluding hydrogens is 254 g/mol. The molecule has 1 N–H and O–H groups in total. The second-order valence-electron chi connectivity index (χ2n) is 5.41. The molecule has 0 unspecified atom stereocenters. The van der Waals surface area contributed by atoms with E-state index >= 15 is 0 Å². The number of amides is 1. The van der Waals surface area contributed by atoms with Crippen LogP contribution in [-0.4, -0.2) is 36.1 Å². The van der Waals surface area contributed by atoms with Crippen LogP contribution in [0.2, 0.25) is 0 Å². The third-order valence-corrected chi connectivity index (χ3v) is 2.08. The molecule has 0 aromatic rings. The van der Waals surface area contributed by atoms with Gasteiger partial charge in [0.2, 0.25) is 0 Å². The van der Waals surface area contributed by atoms with Gasteiger partial charge in [-0.15, -0.1) is 0 Å². The SMILES string of the molecule is CC(C)COC(=O)[C@H](CS)NC(=O)OC(C)(C)C. The number of rotatable bonds is 5. The van der Waals surface area contributed by atoms with Crippen molar-refractivity contribution in [1.82, 2.24) is 5.32 Å². The van der Waals surface area contributed by atoms with E-state index in [2.05, 4.69) is 17.9 Å². The summed E-state index contributed by atoms with van der Waals surface area (Å²) in [6.45, 7) is 9.44. The second-order valence-corrected chi connectivity index (χ2v) is 5.77. The van der Waals surface area contributed by atoms with Gasteiger partial charge in [-0.1, -0.05) is 13.8 Å². The van der Waals surface area contributed by atoms with Crippen LogP contribution in [-0.2, 0) is 14.3 Å². The Balaban J connectivity index is 4.25. The lowest BCUT2D eigenvalue weighted by atomic mass is 10.2. The highest BCUT2D eigenvalue weighted by Gasteiger charge is 2.24. The molecule has 1 atom stereocenters. The summed E-state index contributed by atoms with van der Waals surface area (Å²) in [6.07, 6.45) is -0.650. The highest BCUT2D eigenvalue weighted by Crippen LogP contribution is 2.07. The Morgan fingerprint density at radius 3 is 2.22 bits per heavy atom. The average Bonchev–Trinajstić information content (AvgIpc) is 2.19. The zero-order chi connectivity index (χ0) is 14.3. The van der Waals surface area contributed by atoms with Crippen molar-refractivity contribution in [1.29, 1.82) is 0 Å².